The van der Waals surface area contributed by atoms with Gasteiger partial charge in [-0.1, -0.05) is 55.7 Å². The smallest absolute Gasteiger partial charge is 0.138 e. The molecule has 7 rings (SSSR count). The van der Waals surface area contributed by atoms with E-state index in [0.717, 1.165) is 63.8 Å². The number of fused-ring (bicyclic) bond motifs is 5. The third-order valence-electron chi connectivity index (χ3n) is 9.54. The Morgan fingerprint density at radius 1 is 0.674 bits per heavy atom. The van der Waals surface area contributed by atoms with E-state index in [4.69, 9.17) is 9.97 Å². The van der Waals surface area contributed by atoms with Crippen LogP contribution in [-0.4, -0.2) is 15.1 Å². The summed E-state index contributed by atoms with van der Waals surface area (Å²) in [6.45, 7) is 10.4. The number of phenols is 1. The SMILES string of the molecule is Cc1cc(C)nc(N(c2ccc3c(c2)-c2nc(-c4cc(C)cc(C)c4O)ccc2C32CCCCC2)c2ccccc2C)c1. The molecule has 4 heteroatoms. The van der Waals surface area contributed by atoms with E-state index in [9.17, 15) is 5.11 Å². The fraction of sp³-hybridized carbons (Fsp3) is 0.282. The van der Waals surface area contributed by atoms with Crippen LogP contribution in [0.5, 0.6) is 5.75 Å². The minimum Gasteiger partial charge on any atom is -0.507 e. The maximum Gasteiger partial charge on any atom is 0.138 e. The number of anilines is 3. The van der Waals surface area contributed by atoms with Crippen LogP contribution in [0.25, 0.3) is 22.5 Å². The molecule has 0 atom stereocenters. The van der Waals surface area contributed by atoms with Crippen molar-refractivity contribution in [2.75, 3.05) is 4.90 Å². The molecular weight excluding hydrogens is 526 g/mol. The Labute approximate surface area is 255 Å². The van der Waals surface area contributed by atoms with E-state index >= 15 is 0 Å². The van der Waals surface area contributed by atoms with Crippen LogP contribution in [0.3, 0.4) is 0 Å². The number of pyridine rings is 2. The minimum atomic E-state index is -0.0107. The molecule has 0 saturated heterocycles. The first-order valence-electron chi connectivity index (χ1n) is 15.5. The molecule has 1 saturated carbocycles. The predicted octanol–water partition coefficient (Wildman–Crippen LogP) is 10.1. The molecular formula is C39H39N3O. The molecule has 216 valence electrons. The van der Waals surface area contributed by atoms with Crippen molar-refractivity contribution in [1.82, 2.24) is 9.97 Å². The lowest BCUT2D eigenvalue weighted by Crippen LogP contribution is -2.28. The molecule has 3 aromatic carbocycles. The van der Waals surface area contributed by atoms with Gasteiger partial charge in [0.05, 0.1) is 17.1 Å². The second kappa shape index (κ2) is 10.4. The van der Waals surface area contributed by atoms with Crippen LogP contribution in [0.2, 0.25) is 0 Å². The standard InChI is InChI=1S/C39H39N3O/c1-24-19-27(4)38(43)31(21-24)34-16-15-33-37(41-34)30-23-29(13-14-32(30)39(33)17-9-6-10-18-39)42(35-12-8-7-11-26(35)3)36-22-25(2)20-28(5)40-36/h7-8,11-16,19-23,43H,6,9-10,17-18H2,1-5H3. The van der Waals surface area contributed by atoms with Crippen molar-refractivity contribution in [1.29, 1.82) is 0 Å². The fourth-order valence-corrected chi connectivity index (χ4v) is 7.62. The molecule has 0 radical (unpaired) electrons. The second-order valence-electron chi connectivity index (χ2n) is 12.7. The number of phenolic OH excluding ortho intramolecular Hbond substituents is 1. The van der Waals surface area contributed by atoms with E-state index in [-0.39, 0.29) is 5.41 Å². The van der Waals surface area contributed by atoms with Gasteiger partial charge in [-0.2, -0.15) is 0 Å². The van der Waals surface area contributed by atoms with Gasteiger partial charge in [0.1, 0.15) is 11.6 Å². The molecule has 2 aliphatic rings. The molecule has 1 fully saturated rings. The summed E-state index contributed by atoms with van der Waals surface area (Å²) in [4.78, 5) is 12.7. The van der Waals surface area contributed by atoms with Crippen LogP contribution >= 0.6 is 0 Å². The molecule has 0 unspecified atom stereocenters. The number of aryl methyl sites for hydroxylation is 5. The highest BCUT2D eigenvalue weighted by Crippen LogP contribution is 2.56. The lowest BCUT2D eigenvalue weighted by molar-refractivity contribution is 0.352. The molecule has 4 nitrogen and oxygen atoms in total. The quantitative estimate of drug-likeness (QED) is 0.236. The van der Waals surface area contributed by atoms with Gasteiger partial charge in [-0.05, 0) is 123 Å². The van der Waals surface area contributed by atoms with Gasteiger partial charge in [0.25, 0.3) is 0 Å². The van der Waals surface area contributed by atoms with Crippen LogP contribution in [0.15, 0.2) is 78.9 Å². The number of hydrogen-bond acceptors (Lipinski definition) is 4. The first kappa shape index (κ1) is 27.4. The van der Waals surface area contributed by atoms with Crippen molar-refractivity contribution in [3.63, 3.8) is 0 Å². The predicted molar refractivity (Wildman–Crippen MR) is 177 cm³/mol. The van der Waals surface area contributed by atoms with E-state index in [1.54, 1.807) is 0 Å². The molecule has 0 bridgehead atoms. The first-order chi connectivity index (χ1) is 20.7. The van der Waals surface area contributed by atoms with E-state index < -0.39 is 0 Å². The van der Waals surface area contributed by atoms with Crippen molar-refractivity contribution in [2.24, 2.45) is 0 Å². The van der Waals surface area contributed by atoms with Gasteiger partial charge in [0.15, 0.2) is 0 Å². The first-order valence-corrected chi connectivity index (χ1v) is 15.5. The Morgan fingerprint density at radius 2 is 1.42 bits per heavy atom. The van der Waals surface area contributed by atoms with Crippen molar-refractivity contribution >= 4 is 17.2 Å². The molecule has 5 aromatic rings. The highest BCUT2D eigenvalue weighted by atomic mass is 16.3. The number of nitrogens with zero attached hydrogens (tertiary/aromatic N) is 3. The zero-order chi connectivity index (χ0) is 29.9. The fourth-order valence-electron chi connectivity index (χ4n) is 7.62. The maximum atomic E-state index is 11.0. The second-order valence-corrected chi connectivity index (χ2v) is 12.7. The highest BCUT2D eigenvalue weighted by Gasteiger charge is 2.45. The summed E-state index contributed by atoms with van der Waals surface area (Å²) >= 11 is 0. The van der Waals surface area contributed by atoms with Gasteiger partial charge in [0.2, 0.25) is 0 Å². The summed E-state index contributed by atoms with van der Waals surface area (Å²) in [7, 11) is 0. The molecule has 2 heterocycles. The van der Waals surface area contributed by atoms with Crippen LogP contribution in [0.1, 0.15) is 71.2 Å². The lowest BCUT2D eigenvalue weighted by atomic mass is 9.68. The third kappa shape index (κ3) is 4.52. The number of aromatic hydroxyl groups is 1. The molecule has 2 aliphatic carbocycles. The van der Waals surface area contributed by atoms with Crippen LogP contribution in [-0.2, 0) is 5.41 Å². The third-order valence-corrected chi connectivity index (χ3v) is 9.54. The van der Waals surface area contributed by atoms with Crippen LogP contribution in [0, 0.1) is 34.6 Å². The number of para-hydroxylation sites is 1. The van der Waals surface area contributed by atoms with Gasteiger partial charge in [-0.25, -0.2) is 9.97 Å². The number of benzene rings is 3. The van der Waals surface area contributed by atoms with Crippen LogP contribution < -0.4 is 4.90 Å². The van der Waals surface area contributed by atoms with E-state index in [1.807, 2.05) is 19.1 Å². The Morgan fingerprint density at radius 3 is 2.19 bits per heavy atom. The van der Waals surface area contributed by atoms with Crippen molar-refractivity contribution < 1.29 is 5.11 Å². The summed E-state index contributed by atoms with van der Waals surface area (Å²) in [5.74, 6) is 1.23. The van der Waals surface area contributed by atoms with Gasteiger partial charge < -0.3 is 5.11 Å². The molecule has 1 N–H and O–H groups in total. The van der Waals surface area contributed by atoms with E-state index in [1.165, 1.54) is 47.1 Å². The number of rotatable bonds is 4. The number of hydrogen-bond donors (Lipinski definition) is 1. The van der Waals surface area contributed by atoms with Crippen LogP contribution in [0.4, 0.5) is 17.2 Å². The minimum absolute atomic E-state index is 0.0107. The number of aromatic nitrogens is 2. The summed E-state index contributed by atoms with van der Waals surface area (Å²) < 4.78 is 0. The molecule has 0 amide bonds. The Kier molecular flexibility index (Phi) is 6.61. The highest BCUT2D eigenvalue weighted by molar-refractivity contribution is 5.86. The normalized spacial score (nSPS) is 14.9. The zero-order valence-electron chi connectivity index (χ0n) is 25.8. The average molecular weight is 566 g/mol. The molecule has 2 aromatic heterocycles. The lowest BCUT2D eigenvalue weighted by Gasteiger charge is -2.36. The zero-order valence-corrected chi connectivity index (χ0v) is 25.8. The van der Waals surface area contributed by atoms with Gasteiger partial charge in [0, 0.05) is 27.9 Å². The maximum absolute atomic E-state index is 11.0. The molecule has 43 heavy (non-hydrogen) atoms. The monoisotopic (exact) mass is 565 g/mol. The van der Waals surface area contributed by atoms with E-state index in [2.05, 4.69) is 99.3 Å². The summed E-state index contributed by atoms with van der Waals surface area (Å²) in [5, 5.41) is 11.0. The van der Waals surface area contributed by atoms with Crippen molar-refractivity contribution in [3.05, 3.63) is 118 Å². The van der Waals surface area contributed by atoms with Gasteiger partial charge in [-0.15, -0.1) is 0 Å². The average Bonchev–Trinajstić information content (AvgIpc) is 3.24. The Balaban J connectivity index is 1.46. The summed E-state index contributed by atoms with van der Waals surface area (Å²) in [6.07, 6.45) is 6.01. The Hall–Kier alpha value is -4.44. The topological polar surface area (TPSA) is 49.2 Å². The van der Waals surface area contributed by atoms with Crippen molar-refractivity contribution in [2.45, 2.75) is 72.1 Å². The van der Waals surface area contributed by atoms with Crippen molar-refractivity contribution in [3.8, 4) is 28.3 Å². The van der Waals surface area contributed by atoms with Gasteiger partial charge >= 0.3 is 0 Å². The molecule has 1 spiro atoms. The Bertz CT molecular complexity index is 1860. The summed E-state index contributed by atoms with van der Waals surface area (Å²) in [6, 6.07) is 28.3. The largest absolute Gasteiger partial charge is 0.507 e. The molecule has 0 aliphatic heterocycles. The van der Waals surface area contributed by atoms with E-state index in [0.29, 0.717) is 5.75 Å². The van der Waals surface area contributed by atoms with Gasteiger partial charge in [-0.3, -0.25) is 4.90 Å². The summed E-state index contributed by atoms with van der Waals surface area (Å²) in [5.41, 5.74) is 14.1.